The van der Waals surface area contributed by atoms with E-state index in [-0.39, 0.29) is 11.6 Å². The molecule has 7 heteroatoms. The van der Waals surface area contributed by atoms with Gasteiger partial charge in [0.15, 0.2) is 0 Å². The van der Waals surface area contributed by atoms with Crippen molar-refractivity contribution in [3.63, 3.8) is 0 Å². The largest absolute Gasteiger partial charge is 0.379 e. The molecule has 0 aliphatic heterocycles. The van der Waals surface area contributed by atoms with E-state index in [1.165, 1.54) is 6.07 Å². The van der Waals surface area contributed by atoms with Crippen molar-refractivity contribution in [1.29, 1.82) is 0 Å². The van der Waals surface area contributed by atoms with E-state index in [9.17, 15) is 14.9 Å². The van der Waals surface area contributed by atoms with Crippen LogP contribution in [0, 0.1) is 13.7 Å². The molecule has 104 valence electrons. The zero-order chi connectivity index (χ0) is 14.3. The maximum Gasteiger partial charge on any atom is 0.293 e. The number of nitrogens with zero attached hydrogens (tertiary/aromatic N) is 1. The van der Waals surface area contributed by atoms with Crippen molar-refractivity contribution in [3.8, 4) is 0 Å². The third-order valence-corrected chi connectivity index (χ3v) is 3.07. The highest BCUT2D eigenvalue weighted by Crippen LogP contribution is 2.26. The number of benzene rings is 1. The lowest BCUT2D eigenvalue weighted by atomic mass is 10.2. The van der Waals surface area contributed by atoms with Crippen LogP contribution in [0.15, 0.2) is 18.2 Å². The first-order valence-corrected chi connectivity index (χ1v) is 7.07. The van der Waals surface area contributed by atoms with Gasteiger partial charge in [-0.3, -0.25) is 14.9 Å². The number of carbonyl (C=O) groups is 1. The number of nitro groups is 1. The smallest absolute Gasteiger partial charge is 0.293 e. The molecule has 0 saturated carbocycles. The molecule has 0 spiro atoms. The van der Waals surface area contributed by atoms with E-state index in [0.29, 0.717) is 25.2 Å². The Kier molecular flexibility index (Phi) is 6.54. The van der Waals surface area contributed by atoms with Crippen LogP contribution in [-0.2, 0) is 4.79 Å². The second-order valence-corrected chi connectivity index (χ2v) is 5.19. The molecule has 1 amide bonds. The van der Waals surface area contributed by atoms with Crippen molar-refractivity contribution >= 4 is 39.9 Å². The number of hydrogen-bond donors (Lipinski definition) is 2. The van der Waals surface area contributed by atoms with Crippen LogP contribution >= 0.6 is 22.6 Å². The summed E-state index contributed by atoms with van der Waals surface area (Å²) in [6, 6.07) is 4.94. The van der Waals surface area contributed by atoms with E-state index in [1.54, 1.807) is 12.1 Å². The van der Waals surface area contributed by atoms with Crippen molar-refractivity contribution in [1.82, 2.24) is 5.32 Å². The highest BCUT2D eigenvalue weighted by atomic mass is 127. The monoisotopic (exact) mass is 377 g/mol. The van der Waals surface area contributed by atoms with Crippen LogP contribution in [0.1, 0.15) is 19.8 Å². The SMILES string of the molecule is CCCNC(=O)CCNc1ccc(I)cc1[N+](=O)[O-]. The molecular formula is C12H16IN3O3. The third kappa shape index (κ3) is 5.41. The molecule has 2 N–H and O–H groups in total. The first kappa shape index (κ1) is 15.7. The van der Waals surface area contributed by atoms with Crippen molar-refractivity contribution in [2.75, 3.05) is 18.4 Å². The third-order valence-electron chi connectivity index (χ3n) is 2.40. The van der Waals surface area contributed by atoms with Gasteiger partial charge in [-0.25, -0.2) is 0 Å². The van der Waals surface area contributed by atoms with Gasteiger partial charge in [0.05, 0.1) is 4.92 Å². The van der Waals surface area contributed by atoms with E-state index in [2.05, 4.69) is 10.6 Å². The van der Waals surface area contributed by atoms with Crippen LogP contribution in [0.2, 0.25) is 0 Å². The van der Waals surface area contributed by atoms with Crippen molar-refractivity contribution in [3.05, 3.63) is 31.9 Å². The van der Waals surface area contributed by atoms with Crippen molar-refractivity contribution in [2.45, 2.75) is 19.8 Å². The molecule has 0 atom stereocenters. The number of nitrogens with one attached hydrogen (secondary N) is 2. The topological polar surface area (TPSA) is 84.3 Å². The summed E-state index contributed by atoms with van der Waals surface area (Å²) >= 11 is 2.02. The van der Waals surface area contributed by atoms with Gasteiger partial charge in [-0.05, 0) is 41.1 Å². The molecule has 1 aromatic carbocycles. The van der Waals surface area contributed by atoms with Crippen LogP contribution in [0.5, 0.6) is 0 Å². The van der Waals surface area contributed by atoms with Gasteiger partial charge in [0, 0.05) is 29.1 Å². The highest BCUT2D eigenvalue weighted by molar-refractivity contribution is 14.1. The first-order valence-electron chi connectivity index (χ1n) is 5.99. The molecule has 1 rings (SSSR count). The molecule has 6 nitrogen and oxygen atoms in total. The van der Waals surface area contributed by atoms with Gasteiger partial charge in [0.25, 0.3) is 5.69 Å². The van der Waals surface area contributed by atoms with Crippen LogP contribution in [0.4, 0.5) is 11.4 Å². The first-order chi connectivity index (χ1) is 9.04. The van der Waals surface area contributed by atoms with E-state index in [0.717, 1.165) is 9.99 Å². The quantitative estimate of drug-likeness (QED) is 0.435. The number of anilines is 1. The Bertz CT molecular complexity index is 466. The molecule has 0 aromatic heterocycles. The van der Waals surface area contributed by atoms with Gasteiger partial charge in [-0.2, -0.15) is 0 Å². The van der Waals surface area contributed by atoms with Gasteiger partial charge in [-0.15, -0.1) is 0 Å². The summed E-state index contributed by atoms with van der Waals surface area (Å²) < 4.78 is 0.801. The molecule has 0 saturated heterocycles. The predicted octanol–water partition coefficient (Wildman–Crippen LogP) is 2.53. The number of nitro benzene ring substituents is 1. The molecule has 0 aliphatic rings. The molecule has 0 aliphatic carbocycles. The minimum absolute atomic E-state index is 0.0286. The van der Waals surface area contributed by atoms with Gasteiger partial charge in [0.1, 0.15) is 5.69 Å². The molecule has 0 radical (unpaired) electrons. The maximum atomic E-state index is 11.4. The van der Waals surface area contributed by atoms with Gasteiger partial charge < -0.3 is 10.6 Å². The molecule has 0 bridgehead atoms. The number of carbonyl (C=O) groups excluding carboxylic acids is 1. The minimum Gasteiger partial charge on any atom is -0.379 e. The molecule has 0 fully saturated rings. The predicted molar refractivity (Wildman–Crippen MR) is 82.2 cm³/mol. The zero-order valence-electron chi connectivity index (χ0n) is 10.6. The van der Waals surface area contributed by atoms with E-state index >= 15 is 0 Å². The lowest BCUT2D eigenvalue weighted by Crippen LogP contribution is -2.25. The summed E-state index contributed by atoms with van der Waals surface area (Å²) in [7, 11) is 0. The number of rotatable bonds is 7. The van der Waals surface area contributed by atoms with Gasteiger partial charge in [-0.1, -0.05) is 6.92 Å². The van der Waals surface area contributed by atoms with E-state index in [4.69, 9.17) is 0 Å². The Balaban J connectivity index is 2.53. The van der Waals surface area contributed by atoms with E-state index < -0.39 is 4.92 Å². The summed E-state index contributed by atoms with van der Waals surface area (Å²) in [6.07, 6.45) is 1.19. The molecule has 0 heterocycles. The Morgan fingerprint density at radius 1 is 1.42 bits per heavy atom. The Labute approximate surface area is 125 Å². The fourth-order valence-electron chi connectivity index (χ4n) is 1.47. The highest BCUT2D eigenvalue weighted by Gasteiger charge is 2.13. The molecular weight excluding hydrogens is 361 g/mol. The summed E-state index contributed by atoms with van der Waals surface area (Å²) in [4.78, 5) is 21.8. The molecule has 1 aromatic rings. The Hall–Kier alpha value is -1.38. The second kappa shape index (κ2) is 7.93. The summed E-state index contributed by atoms with van der Waals surface area (Å²) in [6.45, 7) is 3.01. The van der Waals surface area contributed by atoms with Crippen LogP contribution in [-0.4, -0.2) is 23.9 Å². The van der Waals surface area contributed by atoms with Crippen molar-refractivity contribution in [2.24, 2.45) is 0 Å². The maximum absolute atomic E-state index is 11.4. The van der Waals surface area contributed by atoms with Crippen LogP contribution < -0.4 is 10.6 Å². The number of amides is 1. The Morgan fingerprint density at radius 3 is 2.79 bits per heavy atom. The fraction of sp³-hybridized carbons (Fsp3) is 0.417. The average molecular weight is 377 g/mol. The Morgan fingerprint density at radius 2 is 2.16 bits per heavy atom. The molecule has 19 heavy (non-hydrogen) atoms. The summed E-state index contributed by atoms with van der Waals surface area (Å²) in [5.74, 6) is -0.0532. The zero-order valence-corrected chi connectivity index (χ0v) is 12.8. The minimum atomic E-state index is -0.429. The van der Waals surface area contributed by atoms with E-state index in [1.807, 2.05) is 29.5 Å². The second-order valence-electron chi connectivity index (χ2n) is 3.95. The lowest BCUT2D eigenvalue weighted by Gasteiger charge is -2.07. The lowest BCUT2D eigenvalue weighted by molar-refractivity contribution is -0.384. The van der Waals surface area contributed by atoms with Gasteiger partial charge in [0.2, 0.25) is 5.91 Å². The summed E-state index contributed by atoms with van der Waals surface area (Å²) in [5, 5.41) is 16.6. The normalized spacial score (nSPS) is 10.0. The van der Waals surface area contributed by atoms with Crippen LogP contribution in [0.3, 0.4) is 0 Å². The standard InChI is InChI=1S/C12H16IN3O3/c1-2-6-15-12(17)5-7-14-10-4-3-9(13)8-11(10)16(18)19/h3-4,8,14H,2,5-7H2,1H3,(H,15,17). The van der Waals surface area contributed by atoms with Crippen LogP contribution in [0.25, 0.3) is 0 Å². The number of halogens is 1. The summed E-state index contributed by atoms with van der Waals surface area (Å²) in [5.41, 5.74) is 0.467. The molecule has 0 unspecified atom stereocenters. The fourth-order valence-corrected chi connectivity index (χ4v) is 1.94. The number of hydrogen-bond acceptors (Lipinski definition) is 4. The van der Waals surface area contributed by atoms with Crippen molar-refractivity contribution < 1.29 is 9.72 Å². The average Bonchev–Trinajstić information content (AvgIpc) is 2.37. The van der Waals surface area contributed by atoms with Gasteiger partial charge >= 0.3 is 0 Å².